The van der Waals surface area contributed by atoms with Crippen molar-refractivity contribution in [2.75, 3.05) is 0 Å². The van der Waals surface area contributed by atoms with Gasteiger partial charge in [0.1, 0.15) is 0 Å². The molecule has 0 aromatic rings. The van der Waals surface area contributed by atoms with Gasteiger partial charge >= 0.3 is 0 Å². The fourth-order valence-electron chi connectivity index (χ4n) is 3.14. The van der Waals surface area contributed by atoms with Gasteiger partial charge in [0.05, 0.1) is 11.6 Å². The van der Waals surface area contributed by atoms with Crippen LogP contribution in [0.5, 0.6) is 0 Å². The number of carbonyl (C=O) groups excluding carboxylic acids is 2. The van der Waals surface area contributed by atoms with Crippen molar-refractivity contribution in [2.45, 2.75) is 76.0 Å². The molecular formula is C18H30N2O3. The third kappa shape index (κ3) is 5.20. The lowest BCUT2D eigenvalue weighted by atomic mass is 9.87. The molecule has 0 aliphatic carbocycles. The van der Waals surface area contributed by atoms with Crippen molar-refractivity contribution >= 4 is 11.8 Å². The second-order valence-electron chi connectivity index (χ2n) is 6.56. The zero-order valence-corrected chi connectivity index (χ0v) is 14.4. The van der Waals surface area contributed by atoms with Crippen molar-refractivity contribution in [2.24, 2.45) is 0 Å². The zero-order valence-electron chi connectivity index (χ0n) is 14.4. The molecule has 3 N–H and O–H groups in total. The van der Waals surface area contributed by atoms with Crippen LogP contribution < -0.4 is 10.6 Å². The molecule has 0 unspecified atom stereocenters. The maximum Gasteiger partial charge on any atom is 0.220 e. The predicted molar refractivity (Wildman–Crippen MR) is 91.8 cm³/mol. The summed E-state index contributed by atoms with van der Waals surface area (Å²) in [7, 11) is 0. The second-order valence-corrected chi connectivity index (χ2v) is 6.56. The van der Waals surface area contributed by atoms with E-state index in [9.17, 15) is 14.7 Å². The Morgan fingerprint density at radius 1 is 1.48 bits per heavy atom. The number of hydrogen-bond acceptors (Lipinski definition) is 3. The number of nitrogens with one attached hydrogen (secondary N) is 2. The molecule has 2 atom stereocenters. The van der Waals surface area contributed by atoms with E-state index in [1.54, 1.807) is 19.1 Å². The summed E-state index contributed by atoms with van der Waals surface area (Å²) in [5.74, 6) is -0.0509. The number of aliphatic hydroxyl groups is 1. The molecule has 5 nitrogen and oxygen atoms in total. The Morgan fingerprint density at radius 2 is 2.09 bits per heavy atom. The Labute approximate surface area is 139 Å². The van der Waals surface area contributed by atoms with Crippen molar-refractivity contribution in [1.29, 1.82) is 0 Å². The first-order valence-electron chi connectivity index (χ1n) is 8.35. The molecule has 1 heterocycles. The largest absolute Gasteiger partial charge is 0.387 e. The van der Waals surface area contributed by atoms with E-state index in [0.717, 1.165) is 12.8 Å². The Bertz CT molecular complexity index is 451. The van der Waals surface area contributed by atoms with Crippen molar-refractivity contribution in [3.63, 3.8) is 0 Å². The molecule has 0 spiro atoms. The van der Waals surface area contributed by atoms with Gasteiger partial charge in [0.15, 0.2) is 0 Å². The molecule has 130 valence electrons. The molecule has 0 aromatic carbocycles. The number of hydrogen-bond donors (Lipinski definition) is 3. The van der Waals surface area contributed by atoms with Crippen LogP contribution in [-0.4, -0.2) is 34.1 Å². The van der Waals surface area contributed by atoms with Gasteiger partial charge in [0.2, 0.25) is 11.8 Å². The minimum atomic E-state index is -1.07. The summed E-state index contributed by atoms with van der Waals surface area (Å²) in [6, 6.07) is -0.401. The number of carbonyl (C=O) groups is 2. The molecule has 5 heteroatoms. The molecule has 2 amide bonds. The zero-order chi connectivity index (χ0) is 17.5. The van der Waals surface area contributed by atoms with Gasteiger partial charge < -0.3 is 15.7 Å². The van der Waals surface area contributed by atoms with Crippen molar-refractivity contribution in [3.05, 3.63) is 25.3 Å². The van der Waals surface area contributed by atoms with E-state index >= 15 is 0 Å². The number of rotatable bonds is 10. The van der Waals surface area contributed by atoms with Crippen LogP contribution in [0.2, 0.25) is 0 Å². The lowest BCUT2D eigenvalue weighted by molar-refractivity contribution is -0.125. The van der Waals surface area contributed by atoms with E-state index in [-0.39, 0.29) is 17.4 Å². The van der Waals surface area contributed by atoms with E-state index in [0.29, 0.717) is 32.1 Å². The smallest absolute Gasteiger partial charge is 0.220 e. The summed E-state index contributed by atoms with van der Waals surface area (Å²) in [6.45, 7) is 11.1. The summed E-state index contributed by atoms with van der Waals surface area (Å²) in [5.41, 5.74) is -1.32. The van der Waals surface area contributed by atoms with Gasteiger partial charge in [-0.2, -0.15) is 0 Å². The Hall–Kier alpha value is -1.62. The van der Waals surface area contributed by atoms with E-state index in [2.05, 4.69) is 23.8 Å². The first-order chi connectivity index (χ1) is 10.8. The summed E-state index contributed by atoms with van der Waals surface area (Å²) in [4.78, 5) is 23.7. The molecule has 1 aliphatic rings. The van der Waals surface area contributed by atoms with Gasteiger partial charge in [-0.25, -0.2) is 0 Å². The maximum atomic E-state index is 12.2. The molecule has 1 fully saturated rings. The predicted octanol–water partition coefficient (Wildman–Crippen LogP) is 2.21. The number of amides is 2. The molecule has 0 saturated carbocycles. The van der Waals surface area contributed by atoms with Crippen LogP contribution in [0.25, 0.3) is 0 Å². The minimum absolute atomic E-state index is 0.0620. The van der Waals surface area contributed by atoms with E-state index in [4.69, 9.17) is 0 Å². The molecule has 0 bridgehead atoms. The van der Waals surface area contributed by atoms with Gasteiger partial charge in [-0.3, -0.25) is 9.59 Å². The minimum Gasteiger partial charge on any atom is -0.387 e. The highest BCUT2D eigenvalue weighted by Gasteiger charge is 2.37. The standard InChI is InChI=1S/C18H30N2O3/c1-5-10-18(23,11-6-2)14(4)19-15(21)8-12-17(7-3)13-9-16(22)20-17/h5-6,14,23H,1-2,7-13H2,3-4H3,(H,19,21)(H,20,22)/t14-,17+/m0/s1. The van der Waals surface area contributed by atoms with Crippen molar-refractivity contribution in [1.82, 2.24) is 10.6 Å². The van der Waals surface area contributed by atoms with Crippen LogP contribution >= 0.6 is 0 Å². The molecule has 1 aliphatic heterocycles. The highest BCUT2D eigenvalue weighted by atomic mass is 16.3. The fourth-order valence-corrected chi connectivity index (χ4v) is 3.14. The van der Waals surface area contributed by atoms with Gasteiger partial charge in [0.25, 0.3) is 0 Å². The van der Waals surface area contributed by atoms with Crippen LogP contribution in [0, 0.1) is 0 Å². The van der Waals surface area contributed by atoms with Crippen LogP contribution in [-0.2, 0) is 9.59 Å². The lowest BCUT2D eigenvalue weighted by Gasteiger charge is -2.33. The average Bonchev–Trinajstić information content (AvgIpc) is 2.88. The van der Waals surface area contributed by atoms with Crippen LogP contribution in [0.1, 0.15) is 58.8 Å². The quantitative estimate of drug-likeness (QED) is 0.540. The molecule has 0 aromatic heterocycles. The molecule has 0 radical (unpaired) electrons. The average molecular weight is 322 g/mol. The third-order valence-electron chi connectivity index (χ3n) is 4.92. The molecule has 1 rings (SSSR count). The van der Waals surface area contributed by atoms with Crippen LogP contribution in [0.4, 0.5) is 0 Å². The first-order valence-corrected chi connectivity index (χ1v) is 8.35. The molecule has 1 saturated heterocycles. The Balaban J connectivity index is 2.56. The second kappa shape index (κ2) is 8.29. The third-order valence-corrected chi connectivity index (χ3v) is 4.92. The van der Waals surface area contributed by atoms with Gasteiger partial charge in [0, 0.05) is 18.4 Å². The van der Waals surface area contributed by atoms with Gasteiger partial charge in [-0.1, -0.05) is 19.1 Å². The first kappa shape index (κ1) is 19.4. The topological polar surface area (TPSA) is 78.4 Å². The molecule has 23 heavy (non-hydrogen) atoms. The Morgan fingerprint density at radius 3 is 2.52 bits per heavy atom. The van der Waals surface area contributed by atoms with E-state index in [1.807, 2.05) is 6.92 Å². The van der Waals surface area contributed by atoms with Gasteiger partial charge in [-0.15, -0.1) is 13.2 Å². The normalized spacial score (nSPS) is 22.3. The summed E-state index contributed by atoms with van der Waals surface area (Å²) in [5, 5.41) is 16.5. The Kier molecular flexibility index (Phi) is 7.01. The van der Waals surface area contributed by atoms with Crippen LogP contribution in [0.3, 0.4) is 0 Å². The highest BCUT2D eigenvalue weighted by Crippen LogP contribution is 2.28. The SMILES string of the molecule is C=CCC(O)(CC=C)[C@H](C)NC(=O)CC[C@]1(CC)CCC(=O)N1. The van der Waals surface area contributed by atoms with Gasteiger partial charge in [-0.05, 0) is 39.0 Å². The summed E-state index contributed by atoms with van der Waals surface area (Å²) >= 11 is 0. The molecular weight excluding hydrogens is 292 g/mol. The summed E-state index contributed by atoms with van der Waals surface area (Å²) < 4.78 is 0. The monoisotopic (exact) mass is 322 g/mol. The fraction of sp³-hybridized carbons (Fsp3) is 0.667. The lowest BCUT2D eigenvalue weighted by Crippen LogP contribution is -2.51. The highest BCUT2D eigenvalue weighted by molar-refractivity contribution is 5.80. The van der Waals surface area contributed by atoms with E-state index < -0.39 is 11.6 Å². The van der Waals surface area contributed by atoms with Crippen LogP contribution in [0.15, 0.2) is 25.3 Å². The van der Waals surface area contributed by atoms with E-state index in [1.165, 1.54) is 0 Å². The summed E-state index contributed by atoms with van der Waals surface area (Å²) in [6.07, 6.45) is 7.14. The maximum absolute atomic E-state index is 12.2. The van der Waals surface area contributed by atoms with Crippen molar-refractivity contribution < 1.29 is 14.7 Å². The van der Waals surface area contributed by atoms with Crippen molar-refractivity contribution in [3.8, 4) is 0 Å².